The molecule has 0 amide bonds. The molecule has 1 heterocycles. The van der Waals surface area contributed by atoms with Gasteiger partial charge in [-0.05, 0) is 55.4 Å². The number of aryl methyl sites for hydroxylation is 1. The maximum atomic E-state index is 10.3. The van der Waals surface area contributed by atoms with Gasteiger partial charge in [0.25, 0.3) is 0 Å². The molecule has 0 saturated carbocycles. The highest BCUT2D eigenvalue weighted by molar-refractivity contribution is 5.49. The highest BCUT2D eigenvalue weighted by Gasteiger charge is 2.19. The summed E-state index contributed by atoms with van der Waals surface area (Å²) < 4.78 is 0. The molecule has 2 aliphatic rings. The Bertz CT molecular complexity index is 464. The molecule has 0 spiro atoms. The molecule has 1 aliphatic heterocycles. The topological polar surface area (TPSA) is 35.5 Å². The minimum atomic E-state index is 0.511. The maximum Gasteiger partial charge on any atom is 0.120 e. The average Bonchev–Trinajstić information content (AvgIpc) is 2.45. The Morgan fingerprint density at radius 2 is 1.95 bits per heavy atom. The zero-order valence-electron chi connectivity index (χ0n) is 11.8. The van der Waals surface area contributed by atoms with Gasteiger partial charge < -0.3 is 10.4 Å². The van der Waals surface area contributed by atoms with E-state index in [1.165, 1.54) is 36.0 Å². The number of hydrogen-bond acceptors (Lipinski definition) is 3. The molecule has 1 saturated heterocycles. The Labute approximate surface area is 115 Å². The number of fused-ring (bicyclic) bond motifs is 1. The summed E-state index contributed by atoms with van der Waals surface area (Å²) in [6, 6.07) is 2.03. The van der Waals surface area contributed by atoms with Crippen LogP contribution in [0.5, 0.6) is 5.75 Å². The van der Waals surface area contributed by atoms with Crippen molar-refractivity contribution in [2.75, 3.05) is 26.2 Å². The van der Waals surface area contributed by atoms with Crippen LogP contribution < -0.4 is 5.32 Å². The number of nitrogens with zero attached hydrogens (tertiary/aromatic N) is 1. The standard InChI is InChI=1S/C16H24N2O/c1-12-14-5-3-2-4-13(14)10-16(19)15(12)11-18-8-6-17-7-9-18/h10,17,19H,2-9,11H2,1H3. The van der Waals surface area contributed by atoms with Gasteiger partial charge in [0.15, 0.2) is 0 Å². The van der Waals surface area contributed by atoms with Crippen LogP contribution in [-0.2, 0) is 19.4 Å². The second-order valence-electron chi connectivity index (χ2n) is 5.87. The van der Waals surface area contributed by atoms with Crippen LogP contribution in [0.25, 0.3) is 0 Å². The fourth-order valence-electron chi connectivity index (χ4n) is 3.44. The molecule has 0 atom stereocenters. The molecule has 3 nitrogen and oxygen atoms in total. The van der Waals surface area contributed by atoms with Crippen LogP contribution in [0, 0.1) is 6.92 Å². The normalized spacial score (nSPS) is 20.3. The number of nitrogens with one attached hydrogen (secondary N) is 1. The molecule has 3 rings (SSSR count). The van der Waals surface area contributed by atoms with Gasteiger partial charge in [-0.25, -0.2) is 0 Å². The molecule has 1 aromatic rings. The fraction of sp³-hybridized carbons (Fsp3) is 0.625. The Kier molecular flexibility index (Phi) is 3.76. The Morgan fingerprint density at radius 3 is 2.74 bits per heavy atom. The van der Waals surface area contributed by atoms with Gasteiger partial charge in [-0.15, -0.1) is 0 Å². The quantitative estimate of drug-likeness (QED) is 0.853. The second-order valence-corrected chi connectivity index (χ2v) is 5.87. The van der Waals surface area contributed by atoms with Gasteiger partial charge in [-0.1, -0.05) is 0 Å². The molecule has 3 heteroatoms. The Balaban J connectivity index is 1.87. The van der Waals surface area contributed by atoms with Gasteiger partial charge in [-0.2, -0.15) is 0 Å². The lowest BCUT2D eigenvalue weighted by Gasteiger charge is -2.29. The summed E-state index contributed by atoms with van der Waals surface area (Å²) >= 11 is 0. The molecule has 104 valence electrons. The number of phenolic OH excluding ortho intramolecular Hbond substituents is 1. The summed E-state index contributed by atoms with van der Waals surface area (Å²) in [6.45, 7) is 7.37. The van der Waals surface area contributed by atoms with E-state index in [1.807, 2.05) is 6.07 Å². The summed E-state index contributed by atoms with van der Waals surface area (Å²) in [6.07, 6.45) is 4.89. The third-order valence-electron chi connectivity index (χ3n) is 4.63. The summed E-state index contributed by atoms with van der Waals surface area (Å²) in [4.78, 5) is 2.44. The molecular weight excluding hydrogens is 236 g/mol. The molecule has 1 aromatic carbocycles. The van der Waals surface area contributed by atoms with Crippen molar-refractivity contribution in [3.63, 3.8) is 0 Å². The molecule has 1 fully saturated rings. The number of piperazine rings is 1. The van der Waals surface area contributed by atoms with Crippen molar-refractivity contribution in [3.05, 3.63) is 28.3 Å². The van der Waals surface area contributed by atoms with Gasteiger partial charge in [-0.3, -0.25) is 4.90 Å². The Morgan fingerprint density at radius 1 is 1.21 bits per heavy atom. The maximum absolute atomic E-state index is 10.3. The molecule has 1 aliphatic carbocycles. The zero-order valence-corrected chi connectivity index (χ0v) is 11.8. The van der Waals surface area contributed by atoms with Crippen molar-refractivity contribution in [1.82, 2.24) is 10.2 Å². The van der Waals surface area contributed by atoms with Crippen molar-refractivity contribution in [3.8, 4) is 5.75 Å². The monoisotopic (exact) mass is 260 g/mol. The summed E-state index contributed by atoms with van der Waals surface area (Å²) in [5.74, 6) is 0.511. The number of aromatic hydroxyl groups is 1. The SMILES string of the molecule is Cc1c(CN2CCNCC2)c(O)cc2c1CCCC2. The third kappa shape index (κ3) is 2.63. The largest absolute Gasteiger partial charge is 0.508 e. The van der Waals surface area contributed by atoms with Gasteiger partial charge in [0.05, 0.1) is 0 Å². The Hall–Kier alpha value is -1.06. The number of hydrogen-bond donors (Lipinski definition) is 2. The lowest BCUT2D eigenvalue weighted by molar-refractivity contribution is 0.230. The molecular formula is C16H24N2O. The van der Waals surface area contributed by atoms with Gasteiger partial charge in [0.1, 0.15) is 5.75 Å². The van der Waals surface area contributed by atoms with E-state index < -0.39 is 0 Å². The minimum Gasteiger partial charge on any atom is -0.508 e. The highest BCUT2D eigenvalue weighted by atomic mass is 16.3. The van der Waals surface area contributed by atoms with E-state index in [4.69, 9.17) is 0 Å². The van der Waals surface area contributed by atoms with Gasteiger partial charge in [0, 0.05) is 38.3 Å². The fourth-order valence-corrected chi connectivity index (χ4v) is 3.44. The first kappa shape index (κ1) is 12.9. The van der Waals surface area contributed by atoms with Crippen LogP contribution in [0.2, 0.25) is 0 Å². The van der Waals surface area contributed by atoms with Crippen LogP contribution in [0.3, 0.4) is 0 Å². The molecule has 0 bridgehead atoms. The van der Waals surface area contributed by atoms with Crippen LogP contribution in [0.15, 0.2) is 6.07 Å². The van der Waals surface area contributed by atoms with E-state index in [0.717, 1.165) is 44.7 Å². The number of phenols is 1. The van der Waals surface area contributed by atoms with Crippen molar-refractivity contribution in [2.45, 2.75) is 39.2 Å². The predicted octanol–water partition coefficient (Wildman–Crippen LogP) is 1.98. The second kappa shape index (κ2) is 5.51. The van der Waals surface area contributed by atoms with Gasteiger partial charge in [0.2, 0.25) is 0 Å². The molecule has 0 unspecified atom stereocenters. The summed E-state index contributed by atoms with van der Waals surface area (Å²) in [5, 5.41) is 13.7. The minimum absolute atomic E-state index is 0.511. The highest BCUT2D eigenvalue weighted by Crippen LogP contribution is 2.33. The van der Waals surface area contributed by atoms with E-state index in [-0.39, 0.29) is 0 Å². The van der Waals surface area contributed by atoms with Crippen molar-refractivity contribution < 1.29 is 5.11 Å². The summed E-state index contributed by atoms with van der Waals surface area (Å²) in [7, 11) is 0. The van der Waals surface area contributed by atoms with Gasteiger partial charge >= 0.3 is 0 Å². The lowest BCUT2D eigenvalue weighted by Crippen LogP contribution is -2.43. The molecule has 0 aromatic heterocycles. The number of rotatable bonds is 2. The molecule has 2 N–H and O–H groups in total. The zero-order chi connectivity index (χ0) is 13.2. The first-order valence-electron chi connectivity index (χ1n) is 7.52. The smallest absolute Gasteiger partial charge is 0.120 e. The van der Waals surface area contributed by atoms with Crippen molar-refractivity contribution >= 4 is 0 Å². The van der Waals surface area contributed by atoms with E-state index >= 15 is 0 Å². The lowest BCUT2D eigenvalue weighted by atomic mass is 9.86. The predicted molar refractivity (Wildman–Crippen MR) is 77.6 cm³/mol. The van der Waals surface area contributed by atoms with Crippen molar-refractivity contribution in [2.24, 2.45) is 0 Å². The average molecular weight is 260 g/mol. The summed E-state index contributed by atoms with van der Waals surface area (Å²) in [5.41, 5.74) is 5.38. The van der Waals surface area contributed by atoms with E-state index in [9.17, 15) is 5.11 Å². The first-order chi connectivity index (χ1) is 9.25. The van der Waals surface area contributed by atoms with E-state index in [1.54, 1.807) is 0 Å². The first-order valence-corrected chi connectivity index (χ1v) is 7.52. The van der Waals surface area contributed by atoms with Crippen LogP contribution in [0.4, 0.5) is 0 Å². The van der Waals surface area contributed by atoms with Crippen LogP contribution in [0.1, 0.15) is 35.1 Å². The third-order valence-corrected chi connectivity index (χ3v) is 4.63. The van der Waals surface area contributed by atoms with Crippen molar-refractivity contribution in [1.29, 1.82) is 0 Å². The number of benzene rings is 1. The van der Waals surface area contributed by atoms with E-state index in [2.05, 4.69) is 17.1 Å². The molecule has 19 heavy (non-hydrogen) atoms. The van der Waals surface area contributed by atoms with Crippen LogP contribution >= 0.6 is 0 Å². The molecule has 0 radical (unpaired) electrons. The van der Waals surface area contributed by atoms with E-state index in [0.29, 0.717) is 5.75 Å². The van der Waals surface area contributed by atoms with Crippen LogP contribution in [-0.4, -0.2) is 36.2 Å².